The highest BCUT2D eigenvalue weighted by molar-refractivity contribution is 9.09. The molecule has 1 aliphatic rings. The van der Waals surface area contributed by atoms with E-state index in [-0.39, 0.29) is 27.7 Å². The monoisotopic (exact) mass is 418 g/mol. The molecule has 7 nitrogen and oxygen atoms in total. The Hall–Kier alpha value is -1.00. The summed E-state index contributed by atoms with van der Waals surface area (Å²) in [6.07, 6.45) is 0. The van der Waals surface area contributed by atoms with Crippen LogP contribution in [0, 0.1) is 5.92 Å². The lowest BCUT2D eigenvalue weighted by atomic mass is 9.99. The first kappa shape index (κ1) is 19.3. The number of sulfonamides is 1. The molecule has 0 saturated carbocycles. The molecule has 0 radical (unpaired) electrons. The van der Waals surface area contributed by atoms with Crippen molar-refractivity contribution in [2.45, 2.75) is 48.6 Å². The second-order valence-corrected chi connectivity index (χ2v) is 8.95. The van der Waals surface area contributed by atoms with E-state index in [4.69, 9.17) is 5.14 Å². The van der Waals surface area contributed by atoms with Crippen LogP contribution in [0.1, 0.15) is 32.4 Å². The van der Waals surface area contributed by atoms with Crippen molar-refractivity contribution in [3.8, 4) is 0 Å². The van der Waals surface area contributed by atoms with E-state index in [1.165, 1.54) is 12.1 Å². The quantitative estimate of drug-likeness (QED) is 0.527. The molecule has 1 fully saturated rings. The second kappa shape index (κ2) is 7.49. The first-order valence-electron chi connectivity index (χ1n) is 7.69. The van der Waals surface area contributed by atoms with E-state index in [1.807, 2.05) is 0 Å². The van der Waals surface area contributed by atoms with Crippen molar-refractivity contribution in [1.82, 2.24) is 16.2 Å². The van der Waals surface area contributed by atoms with E-state index >= 15 is 0 Å². The zero-order chi connectivity index (χ0) is 18.1. The number of amides is 1. The van der Waals surface area contributed by atoms with Gasteiger partial charge in [-0.2, -0.15) is 0 Å². The summed E-state index contributed by atoms with van der Waals surface area (Å²) in [5.74, 6) is 0.199. The standard InChI is InChI=1S/C15H23BrN4O3S/c1-8(2)13-12(16)14(20-19-13)15(21)18-9(3)10-5-4-6-11(7-10)24(17,22)23/h4-9,12-14,19-20H,1-3H3,(H,18,21)(H2,17,22,23). The third-order valence-corrected chi connectivity index (χ3v) is 6.12. The molecule has 4 atom stereocenters. The molecule has 0 spiro atoms. The molecule has 9 heteroatoms. The fraction of sp³-hybridized carbons (Fsp3) is 0.533. The van der Waals surface area contributed by atoms with E-state index < -0.39 is 16.1 Å². The van der Waals surface area contributed by atoms with Gasteiger partial charge in [0.1, 0.15) is 6.04 Å². The summed E-state index contributed by atoms with van der Waals surface area (Å²) in [5.41, 5.74) is 6.80. The number of halogens is 1. The number of nitrogens with two attached hydrogens (primary N) is 1. The van der Waals surface area contributed by atoms with Crippen molar-refractivity contribution in [3.63, 3.8) is 0 Å². The van der Waals surface area contributed by atoms with Gasteiger partial charge in [-0.1, -0.05) is 41.9 Å². The van der Waals surface area contributed by atoms with Crippen molar-refractivity contribution in [2.24, 2.45) is 11.1 Å². The molecule has 0 aromatic heterocycles. The molecule has 1 saturated heterocycles. The molecule has 1 amide bonds. The number of rotatable bonds is 5. The third kappa shape index (κ3) is 4.34. The largest absolute Gasteiger partial charge is 0.348 e. The van der Waals surface area contributed by atoms with E-state index in [0.717, 1.165) is 0 Å². The summed E-state index contributed by atoms with van der Waals surface area (Å²) in [6, 6.07) is 5.64. The molecule has 1 aliphatic heterocycles. The SMILES string of the molecule is CC(NC(=O)C1NNC(C(C)C)C1Br)c1cccc(S(N)(=O)=O)c1. The Morgan fingerprint density at radius 2 is 1.96 bits per heavy atom. The predicted octanol–water partition coefficient (Wildman–Crippen LogP) is 0.776. The van der Waals surface area contributed by atoms with E-state index in [9.17, 15) is 13.2 Å². The third-order valence-electron chi connectivity index (χ3n) is 4.11. The number of carbonyl (C=O) groups excluding carboxylic acids is 1. The Morgan fingerprint density at radius 1 is 1.29 bits per heavy atom. The minimum absolute atomic E-state index is 0.0278. The topological polar surface area (TPSA) is 113 Å². The lowest BCUT2D eigenvalue weighted by Gasteiger charge is -2.21. The molecule has 134 valence electrons. The number of hydrazine groups is 1. The molecule has 4 unspecified atom stereocenters. The average molecular weight is 419 g/mol. The predicted molar refractivity (Wildman–Crippen MR) is 95.8 cm³/mol. The van der Waals surface area contributed by atoms with Crippen LogP contribution < -0.4 is 21.3 Å². The molecule has 5 N–H and O–H groups in total. The molecule has 2 rings (SSSR count). The first-order chi connectivity index (χ1) is 11.1. The van der Waals surface area contributed by atoms with Gasteiger partial charge in [0, 0.05) is 6.04 Å². The molecule has 0 bridgehead atoms. The highest BCUT2D eigenvalue weighted by Crippen LogP contribution is 2.23. The van der Waals surface area contributed by atoms with Gasteiger partial charge in [0.15, 0.2) is 0 Å². The van der Waals surface area contributed by atoms with Crippen molar-refractivity contribution >= 4 is 31.9 Å². The van der Waals surface area contributed by atoms with Crippen molar-refractivity contribution in [1.29, 1.82) is 0 Å². The highest BCUT2D eigenvalue weighted by Gasteiger charge is 2.40. The van der Waals surface area contributed by atoms with Crippen LogP contribution in [0.5, 0.6) is 0 Å². The number of primary sulfonamides is 1. The zero-order valence-corrected chi connectivity index (χ0v) is 16.2. The lowest BCUT2D eigenvalue weighted by Crippen LogP contribution is -2.46. The minimum atomic E-state index is -3.77. The second-order valence-electron chi connectivity index (χ2n) is 6.33. The van der Waals surface area contributed by atoms with Crippen LogP contribution in [0.2, 0.25) is 0 Å². The molecule has 1 aromatic rings. The number of hydrogen-bond acceptors (Lipinski definition) is 5. The summed E-state index contributed by atoms with van der Waals surface area (Å²) < 4.78 is 22.9. The van der Waals surface area contributed by atoms with Crippen LogP contribution in [-0.2, 0) is 14.8 Å². The number of benzene rings is 1. The fourth-order valence-electron chi connectivity index (χ4n) is 2.64. The van der Waals surface area contributed by atoms with Crippen LogP contribution in [0.25, 0.3) is 0 Å². The maximum absolute atomic E-state index is 12.5. The summed E-state index contributed by atoms with van der Waals surface area (Å²) in [6.45, 7) is 5.95. The average Bonchev–Trinajstić information content (AvgIpc) is 2.88. The normalized spacial score (nSPS) is 25.7. The van der Waals surface area contributed by atoms with Crippen LogP contribution >= 0.6 is 15.9 Å². The molecule has 1 heterocycles. The molecule has 0 aliphatic carbocycles. The zero-order valence-electron chi connectivity index (χ0n) is 13.8. The molecular weight excluding hydrogens is 396 g/mol. The lowest BCUT2D eigenvalue weighted by molar-refractivity contribution is -0.123. The Balaban J connectivity index is 2.07. The Bertz CT molecular complexity index is 710. The Kier molecular flexibility index (Phi) is 6.03. The number of carbonyl (C=O) groups is 1. The van der Waals surface area contributed by atoms with Crippen LogP contribution in [-0.4, -0.2) is 31.2 Å². The minimum Gasteiger partial charge on any atom is -0.348 e. The Morgan fingerprint density at radius 3 is 2.50 bits per heavy atom. The van der Waals surface area contributed by atoms with Crippen LogP contribution in [0.4, 0.5) is 0 Å². The van der Waals surface area contributed by atoms with Crippen molar-refractivity contribution in [2.75, 3.05) is 0 Å². The molecular formula is C15H23BrN4O3S. The van der Waals surface area contributed by atoms with Gasteiger partial charge in [-0.15, -0.1) is 0 Å². The summed E-state index contributed by atoms with van der Waals surface area (Å²) in [5, 5.41) is 8.05. The van der Waals surface area contributed by atoms with Gasteiger partial charge >= 0.3 is 0 Å². The smallest absolute Gasteiger partial charge is 0.240 e. The summed E-state index contributed by atoms with van der Waals surface area (Å²) in [7, 11) is -3.77. The maximum atomic E-state index is 12.5. The summed E-state index contributed by atoms with van der Waals surface area (Å²) in [4.78, 5) is 12.5. The summed E-state index contributed by atoms with van der Waals surface area (Å²) >= 11 is 3.57. The van der Waals surface area contributed by atoms with Gasteiger partial charge in [0.2, 0.25) is 15.9 Å². The van der Waals surface area contributed by atoms with Gasteiger partial charge < -0.3 is 5.32 Å². The van der Waals surface area contributed by atoms with Gasteiger partial charge in [-0.3, -0.25) is 10.2 Å². The Labute approximate surface area is 150 Å². The number of hydrogen-bond donors (Lipinski definition) is 4. The van der Waals surface area contributed by atoms with E-state index in [1.54, 1.807) is 19.1 Å². The first-order valence-corrected chi connectivity index (χ1v) is 10.2. The van der Waals surface area contributed by atoms with Gasteiger partial charge in [0.05, 0.1) is 15.8 Å². The van der Waals surface area contributed by atoms with Crippen LogP contribution in [0.3, 0.4) is 0 Å². The molecule has 1 aromatic carbocycles. The van der Waals surface area contributed by atoms with E-state index in [2.05, 4.69) is 45.9 Å². The highest BCUT2D eigenvalue weighted by atomic mass is 79.9. The number of alkyl halides is 1. The van der Waals surface area contributed by atoms with Gasteiger partial charge in [0.25, 0.3) is 0 Å². The van der Waals surface area contributed by atoms with Gasteiger partial charge in [-0.25, -0.2) is 19.0 Å². The van der Waals surface area contributed by atoms with Crippen molar-refractivity contribution < 1.29 is 13.2 Å². The van der Waals surface area contributed by atoms with Crippen molar-refractivity contribution in [3.05, 3.63) is 29.8 Å². The maximum Gasteiger partial charge on any atom is 0.240 e. The molecule has 24 heavy (non-hydrogen) atoms. The van der Waals surface area contributed by atoms with E-state index in [0.29, 0.717) is 11.5 Å². The van der Waals surface area contributed by atoms with Gasteiger partial charge in [-0.05, 0) is 30.5 Å². The fourth-order valence-corrected chi connectivity index (χ4v) is 4.33. The van der Waals surface area contributed by atoms with Crippen LogP contribution in [0.15, 0.2) is 29.2 Å². The number of nitrogens with one attached hydrogen (secondary N) is 3.